The molecule has 2 heteroatoms. The molecule has 0 aromatic heterocycles. The van der Waals surface area contributed by atoms with E-state index in [1.54, 1.807) is 0 Å². The molecule has 1 N–H and O–H groups in total. The molecule has 1 aliphatic rings. The Hall–Kier alpha value is -0.0900. The average molecular weight is 259 g/mol. The quantitative estimate of drug-likeness (QED) is 0.763. The largest absolute Gasteiger partial charge is 0.310 e. The summed E-state index contributed by atoms with van der Waals surface area (Å²) < 4.78 is 1.31. The Morgan fingerprint density at radius 3 is 2.36 bits per heavy atom. The van der Waals surface area contributed by atoms with Crippen LogP contribution in [0.25, 0.3) is 0 Å². The van der Waals surface area contributed by atoms with E-state index in [1.807, 2.05) is 0 Å². The molecule has 1 heterocycles. The molecule has 1 aliphatic heterocycles. The lowest BCUT2D eigenvalue weighted by molar-refractivity contribution is 0.383. The number of nitrogens with one attached hydrogen (secondary N) is 1. The second kappa shape index (κ2) is 3.11. The summed E-state index contributed by atoms with van der Waals surface area (Å²) in [6.07, 6.45) is 1.29. The van der Waals surface area contributed by atoms with E-state index in [0.29, 0.717) is 6.04 Å². The standard InChI is InChI=1S/C9H10IN/c10-8-3-1-7(2-4-8)9-5-6-11-9/h1-4,9,11H,5-6H2/t9-/m1/s1. The zero-order valence-corrected chi connectivity index (χ0v) is 8.34. The highest BCUT2D eigenvalue weighted by Gasteiger charge is 2.17. The van der Waals surface area contributed by atoms with Crippen molar-refractivity contribution >= 4 is 22.6 Å². The Labute approximate surface area is 80.3 Å². The summed E-state index contributed by atoms with van der Waals surface area (Å²) in [4.78, 5) is 0. The van der Waals surface area contributed by atoms with Crippen LogP contribution in [0.15, 0.2) is 24.3 Å². The number of benzene rings is 1. The molecular formula is C9H10IN. The van der Waals surface area contributed by atoms with E-state index < -0.39 is 0 Å². The highest BCUT2D eigenvalue weighted by molar-refractivity contribution is 14.1. The lowest BCUT2D eigenvalue weighted by Crippen LogP contribution is -2.34. The number of rotatable bonds is 1. The molecule has 0 aliphatic carbocycles. The molecule has 0 spiro atoms. The number of halogens is 1. The second-order valence-corrected chi connectivity index (χ2v) is 4.09. The second-order valence-electron chi connectivity index (χ2n) is 2.85. The van der Waals surface area contributed by atoms with Gasteiger partial charge in [0.1, 0.15) is 0 Å². The van der Waals surface area contributed by atoms with Crippen molar-refractivity contribution in [3.63, 3.8) is 0 Å². The summed E-state index contributed by atoms with van der Waals surface area (Å²) >= 11 is 2.33. The maximum absolute atomic E-state index is 3.38. The van der Waals surface area contributed by atoms with Gasteiger partial charge in [0.2, 0.25) is 0 Å². The molecule has 0 bridgehead atoms. The Balaban J connectivity index is 2.18. The van der Waals surface area contributed by atoms with Crippen LogP contribution in [-0.2, 0) is 0 Å². The van der Waals surface area contributed by atoms with E-state index in [0.717, 1.165) is 0 Å². The highest BCUT2D eigenvalue weighted by Crippen LogP contribution is 2.22. The molecule has 1 fully saturated rings. The minimum atomic E-state index is 0.631. The smallest absolute Gasteiger partial charge is 0.0332 e. The molecule has 1 aromatic carbocycles. The van der Waals surface area contributed by atoms with Gasteiger partial charge < -0.3 is 5.32 Å². The third kappa shape index (κ3) is 1.56. The van der Waals surface area contributed by atoms with Gasteiger partial charge in [-0.15, -0.1) is 0 Å². The van der Waals surface area contributed by atoms with Crippen molar-refractivity contribution in [3.8, 4) is 0 Å². The van der Waals surface area contributed by atoms with Crippen molar-refractivity contribution in [3.05, 3.63) is 33.4 Å². The van der Waals surface area contributed by atoms with E-state index >= 15 is 0 Å². The van der Waals surface area contributed by atoms with Crippen molar-refractivity contribution in [2.45, 2.75) is 12.5 Å². The average Bonchev–Trinajstić information content (AvgIpc) is 1.90. The Morgan fingerprint density at radius 2 is 1.91 bits per heavy atom. The molecule has 2 rings (SSSR count). The van der Waals surface area contributed by atoms with Gasteiger partial charge >= 0.3 is 0 Å². The van der Waals surface area contributed by atoms with Gasteiger partial charge in [-0.1, -0.05) is 12.1 Å². The van der Waals surface area contributed by atoms with Crippen LogP contribution >= 0.6 is 22.6 Å². The van der Waals surface area contributed by atoms with Crippen molar-refractivity contribution in [2.24, 2.45) is 0 Å². The molecule has 1 atom stereocenters. The van der Waals surface area contributed by atoms with Crippen molar-refractivity contribution in [1.29, 1.82) is 0 Å². The van der Waals surface area contributed by atoms with Gasteiger partial charge in [0.05, 0.1) is 0 Å². The van der Waals surface area contributed by atoms with Crippen molar-refractivity contribution < 1.29 is 0 Å². The zero-order chi connectivity index (χ0) is 7.68. The molecule has 11 heavy (non-hydrogen) atoms. The third-order valence-electron chi connectivity index (χ3n) is 2.10. The predicted molar refractivity (Wildman–Crippen MR) is 54.5 cm³/mol. The predicted octanol–water partition coefficient (Wildman–Crippen LogP) is 2.33. The fraction of sp³-hybridized carbons (Fsp3) is 0.333. The van der Waals surface area contributed by atoms with Crippen LogP contribution in [0.3, 0.4) is 0 Å². The van der Waals surface area contributed by atoms with E-state index in [2.05, 4.69) is 52.2 Å². The fourth-order valence-electron chi connectivity index (χ4n) is 1.27. The summed E-state index contributed by atoms with van der Waals surface area (Å²) in [5.74, 6) is 0. The molecule has 0 radical (unpaired) electrons. The van der Waals surface area contributed by atoms with Crippen LogP contribution in [0.5, 0.6) is 0 Å². The van der Waals surface area contributed by atoms with E-state index in [4.69, 9.17) is 0 Å². The number of hydrogen-bond acceptors (Lipinski definition) is 1. The van der Waals surface area contributed by atoms with Gasteiger partial charge in [0, 0.05) is 9.61 Å². The van der Waals surface area contributed by atoms with Crippen LogP contribution in [0.4, 0.5) is 0 Å². The molecule has 0 unspecified atom stereocenters. The highest BCUT2D eigenvalue weighted by atomic mass is 127. The summed E-state index contributed by atoms with van der Waals surface area (Å²) in [6.45, 7) is 1.18. The van der Waals surface area contributed by atoms with Gasteiger partial charge in [-0.25, -0.2) is 0 Å². The molecular weight excluding hydrogens is 249 g/mol. The summed E-state index contributed by atoms with van der Waals surface area (Å²) in [5, 5.41) is 3.38. The topological polar surface area (TPSA) is 12.0 Å². The van der Waals surface area contributed by atoms with E-state index in [9.17, 15) is 0 Å². The first-order valence-corrected chi connectivity index (χ1v) is 4.93. The van der Waals surface area contributed by atoms with Crippen LogP contribution in [0, 0.1) is 3.57 Å². The van der Waals surface area contributed by atoms with Crippen molar-refractivity contribution in [2.75, 3.05) is 6.54 Å². The van der Waals surface area contributed by atoms with Crippen molar-refractivity contribution in [1.82, 2.24) is 5.32 Å². The molecule has 58 valence electrons. The maximum atomic E-state index is 3.38. The van der Waals surface area contributed by atoms with Gasteiger partial charge in [-0.2, -0.15) is 0 Å². The lowest BCUT2D eigenvalue weighted by atomic mass is 9.98. The van der Waals surface area contributed by atoms with Gasteiger partial charge in [0.25, 0.3) is 0 Å². The summed E-state index contributed by atoms with van der Waals surface area (Å²) in [7, 11) is 0. The first kappa shape index (κ1) is 7.55. The van der Waals surface area contributed by atoms with E-state index in [-0.39, 0.29) is 0 Å². The number of hydrogen-bond donors (Lipinski definition) is 1. The van der Waals surface area contributed by atoms with Crippen LogP contribution in [0.2, 0.25) is 0 Å². The summed E-state index contributed by atoms with van der Waals surface area (Å²) in [6, 6.07) is 9.37. The molecule has 1 saturated heterocycles. The third-order valence-corrected chi connectivity index (χ3v) is 2.82. The van der Waals surface area contributed by atoms with Gasteiger partial charge in [0.15, 0.2) is 0 Å². The first-order chi connectivity index (χ1) is 5.36. The van der Waals surface area contributed by atoms with Gasteiger partial charge in [-0.05, 0) is 53.3 Å². The normalized spacial score (nSPS) is 22.8. The molecule has 0 amide bonds. The monoisotopic (exact) mass is 259 g/mol. The van der Waals surface area contributed by atoms with Gasteiger partial charge in [-0.3, -0.25) is 0 Å². The lowest BCUT2D eigenvalue weighted by Gasteiger charge is -2.27. The summed E-state index contributed by atoms with van der Waals surface area (Å²) in [5.41, 5.74) is 1.43. The Bertz CT molecular complexity index is 238. The molecule has 0 saturated carbocycles. The zero-order valence-electron chi connectivity index (χ0n) is 6.18. The van der Waals surface area contributed by atoms with Crippen LogP contribution in [0.1, 0.15) is 18.0 Å². The molecule has 1 aromatic rings. The molecule has 1 nitrogen and oxygen atoms in total. The van der Waals surface area contributed by atoms with Crippen LogP contribution < -0.4 is 5.32 Å². The maximum Gasteiger partial charge on any atom is 0.0332 e. The Kier molecular flexibility index (Phi) is 2.13. The minimum Gasteiger partial charge on any atom is -0.310 e. The van der Waals surface area contributed by atoms with E-state index in [1.165, 1.54) is 22.1 Å². The SMILES string of the molecule is Ic1ccc([C@H]2CCN2)cc1. The Morgan fingerprint density at radius 1 is 1.27 bits per heavy atom. The van der Waals surface area contributed by atoms with Crippen LogP contribution in [-0.4, -0.2) is 6.54 Å². The minimum absolute atomic E-state index is 0.631. The first-order valence-electron chi connectivity index (χ1n) is 3.85. The fourth-order valence-corrected chi connectivity index (χ4v) is 1.63.